The first kappa shape index (κ1) is 19.1. The fraction of sp³-hybridized carbons (Fsp3) is 0.353. The number of carbonyl (C=O) groups is 2. The van der Waals surface area contributed by atoms with E-state index in [9.17, 15) is 9.59 Å². The molecule has 0 fully saturated rings. The Morgan fingerprint density at radius 1 is 1.14 bits per heavy atom. The van der Waals surface area contributed by atoms with Gasteiger partial charge < -0.3 is 4.52 Å². The maximum atomic E-state index is 12.1. The van der Waals surface area contributed by atoms with E-state index in [1.165, 1.54) is 11.0 Å². The number of aryl methyl sites for hydroxylation is 1. The highest BCUT2D eigenvalue weighted by Gasteiger charge is 2.21. The summed E-state index contributed by atoms with van der Waals surface area (Å²) in [6.07, 6.45) is 1.83. The number of hydrogen-bond donors (Lipinski definition) is 2. The smallest absolute Gasteiger partial charge is 0.269 e. The number of aromatic nitrogens is 6. The summed E-state index contributed by atoms with van der Waals surface area (Å²) in [5.41, 5.74) is 5.59. The molecule has 0 saturated carbocycles. The summed E-state index contributed by atoms with van der Waals surface area (Å²) >= 11 is 0. The molecule has 0 spiro atoms. The van der Waals surface area contributed by atoms with E-state index in [0.29, 0.717) is 23.0 Å². The van der Waals surface area contributed by atoms with Crippen LogP contribution in [0.2, 0.25) is 0 Å². The Bertz CT molecular complexity index is 942. The van der Waals surface area contributed by atoms with Crippen LogP contribution in [0, 0.1) is 0 Å². The zero-order valence-corrected chi connectivity index (χ0v) is 15.7. The second-order valence-corrected chi connectivity index (χ2v) is 7.07. The van der Waals surface area contributed by atoms with Gasteiger partial charge in [-0.15, -0.1) is 5.10 Å². The maximum absolute atomic E-state index is 12.1. The molecule has 0 aliphatic carbocycles. The maximum Gasteiger partial charge on any atom is 0.269 e. The molecular weight excluding hydrogens is 364 g/mol. The van der Waals surface area contributed by atoms with Gasteiger partial charge in [-0.25, -0.2) is 4.68 Å². The Kier molecular flexibility index (Phi) is 5.43. The first-order valence-electron chi connectivity index (χ1n) is 8.58. The van der Waals surface area contributed by atoms with Crippen LogP contribution >= 0.6 is 0 Å². The van der Waals surface area contributed by atoms with Crippen molar-refractivity contribution in [3.05, 3.63) is 47.9 Å². The van der Waals surface area contributed by atoms with E-state index >= 15 is 0 Å². The van der Waals surface area contributed by atoms with Gasteiger partial charge in [0.25, 0.3) is 5.91 Å². The Labute approximate surface area is 160 Å². The molecular formula is C17H20N8O3. The number of carbonyl (C=O) groups excluding carboxylic acids is 2. The third kappa shape index (κ3) is 4.75. The third-order valence-electron chi connectivity index (χ3n) is 3.76. The number of nitrogens with one attached hydrogen (secondary N) is 2. The van der Waals surface area contributed by atoms with E-state index in [2.05, 4.69) is 36.5 Å². The van der Waals surface area contributed by atoms with Crippen LogP contribution in [-0.4, -0.2) is 42.2 Å². The molecule has 146 valence electrons. The summed E-state index contributed by atoms with van der Waals surface area (Å²) in [6, 6.07) is 6.58. The van der Waals surface area contributed by atoms with Gasteiger partial charge in [0.15, 0.2) is 5.82 Å². The van der Waals surface area contributed by atoms with Crippen molar-refractivity contribution in [3.8, 4) is 5.69 Å². The highest BCUT2D eigenvalue weighted by atomic mass is 16.5. The van der Waals surface area contributed by atoms with Crippen LogP contribution in [-0.2, 0) is 16.6 Å². The molecule has 0 atom stereocenters. The third-order valence-corrected chi connectivity index (χ3v) is 3.76. The quantitative estimate of drug-likeness (QED) is 0.614. The SMILES string of the molecule is CC(C)(C)c1noc(CCC(=O)NNC(=O)c2ccc(-n3cnnn3)cc2)n1. The molecule has 0 unspecified atom stereocenters. The minimum Gasteiger partial charge on any atom is -0.339 e. The van der Waals surface area contributed by atoms with Crippen LogP contribution < -0.4 is 10.9 Å². The van der Waals surface area contributed by atoms with Crippen LogP contribution in [0.4, 0.5) is 0 Å². The molecule has 0 aliphatic rings. The molecule has 1 aromatic carbocycles. The number of nitrogens with zero attached hydrogens (tertiary/aromatic N) is 6. The van der Waals surface area contributed by atoms with Gasteiger partial charge in [0, 0.05) is 23.8 Å². The molecule has 3 aromatic rings. The Morgan fingerprint density at radius 2 is 1.89 bits per heavy atom. The average Bonchev–Trinajstić information content (AvgIpc) is 3.36. The molecule has 28 heavy (non-hydrogen) atoms. The van der Waals surface area contributed by atoms with Gasteiger partial charge in [-0.3, -0.25) is 20.4 Å². The van der Waals surface area contributed by atoms with Crippen molar-refractivity contribution in [2.75, 3.05) is 0 Å². The summed E-state index contributed by atoms with van der Waals surface area (Å²) in [5.74, 6) is 0.157. The Balaban J connectivity index is 1.46. The lowest BCUT2D eigenvalue weighted by Crippen LogP contribution is -2.41. The van der Waals surface area contributed by atoms with Crippen LogP contribution in [0.25, 0.3) is 5.69 Å². The van der Waals surface area contributed by atoms with Gasteiger partial charge in [0.1, 0.15) is 6.33 Å². The van der Waals surface area contributed by atoms with Gasteiger partial charge in [-0.05, 0) is 34.7 Å². The molecule has 0 aliphatic heterocycles. The molecule has 2 heterocycles. The van der Waals surface area contributed by atoms with E-state index in [4.69, 9.17) is 4.52 Å². The van der Waals surface area contributed by atoms with Crippen LogP contribution in [0.15, 0.2) is 35.1 Å². The molecule has 0 saturated heterocycles. The number of amides is 2. The Hall–Kier alpha value is -3.63. The van der Waals surface area contributed by atoms with E-state index in [1.807, 2.05) is 20.8 Å². The van der Waals surface area contributed by atoms with Crippen molar-refractivity contribution in [2.45, 2.75) is 39.0 Å². The molecule has 11 nitrogen and oxygen atoms in total. The largest absolute Gasteiger partial charge is 0.339 e. The average molecular weight is 384 g/mol. The topological polar surface area (TPSA) is 141 Å². The van der Waals surface area contributed by atoms with Crippen LogP contribution in [0.1, 0.15) is 49.3 Å². The van der Waals surface area contributed by atoms with Gasteiger partial charge in [-0.2, -0.15) is 4.98 Å². The summed E-state index contributed by atoms with van der Waals surface area (Å²) in [6.45, 7) is 5.91. The molecule has 0 radical (unpaired) electrons. The first-order valence-corrected chi connectivity index (χ1v) is 8.58. The lowest BCUT2D eigenvalue weighted by atomic mass is 9.96. The fourth-order valence-electron chi connectivity index (χ4n) is 2.19. The first-order chi connectivity index (χ1) is 13.3. The van der Waals surface area contributed by atoms with Gasteiger partial charge in [-0.1, -0.05) is 25.9 Å². The van der Waals surface area contributed by atoms with Gasteiger partial charge in [0.2, 0.25) is 11.8 Å². The van der Waals surface area contributed by atoms with Crippen molar-refractivity contribution in [3.63, 3.8) is 0 Å². The predicted octanol–water partition coefficient (Wildman–Crippen LogP) is 0.737. The van der Waals surface area contributed by atoms with Crippen molar-refractivity contribution < 1.29 is 14.1 Å². The predicted molar refractivity (Wildman–Crippen MR) is 96.1 cm³/mol. The molecule has 2 N–H and O–H groups in total. The molecule has 2 amide bonds. The highest BCUT2D eigenvalue weighted by molar-refractivity contribution is 5.95. The molecule has 2 aromatic heterocycles. The minimum atomic E-state index is -0.440. The normalized spacial score (nSPS) is 11.2. The number of tetrazole rings is 1. The molecule has 3 rings (SSSR count). The van der Waals surface area contributed by atoms with Crippen molar-refractivity contribution in [1.29, 1.82) is 0 Å². The number of hydrogen-bond acceptors (Lipinski definition) is 8. The van der Waals surface area contributed by atoms with E-state index in [-0.39, 0.29) is 24.2 Å². The van der Waals surface area contributed by atoms with Crippen molar-refractivity contribution in [2.24, 2.45) is 0 Å². The molecule has 0 bridgehead atoms. The second kappa shape index (κ2) is 7.94. The van der Waals surface area contributed by atoms with Gasteiger partial charge in [0.05, 0.1) is 5.69 Å². The number of rotatable bonds is 5. The van der Waals surface area contributed by atoms with E-state index < -0.39 is 5.91 Å². The number of hydrazine groups is 1. The summed E-state index contributed by atoms with van der Waals surface area (Å²) in [4.78, 5) is 28.3. The van der Waals surface area contributed by atoms with E-state index in [1.54, 1.807) is 24.3 Å². The lowest BCUT2D eigenvalue weighted by Gasteiger charge is -2.10. The fourth-order valence-corrected chi connectivity index (χ4v) is 2.19. The monoisotopic (exact) mass is 384 g/mol. The second-order valence-electron chi connectivity index (χ2n) is 7.07. The minimum absolute atomic E-state index is 0.101. The standard InChI is InChI=1S/C17H20N8O3/c1-17(2,3)16-19-14(28-22-16)9-8-13(26)20-21-15(27)11-4-6-12(7-5-11)25-10-18-23-24-25/h4-7,10H,8-9H2,1-3H3,(H,20,26)(H,21,27). The molecule has 11 heteroatoms. The van der Waals surface area contributed by atoms with Crippen LogP contribution in [0.5, 0.6) is 0 Å². The lowest BCUT2D eigenvalue weighted by molar-refractivity contribution is -0.121. The summed E-state index contributed by atoms with van der Waals surface area (Å²) < 4.78 is 6.60. The number of benzene rings is 1. The Morgan fingerprint density at radius 3 is 2.50 bits per heavy atom. The van der Waals surface area contributed by atoms with Crippen LogP contribution in [0.3, 0.4) is 0 Å². The summed E-state index contributed by atoms with van der Waals surface area (Å²) in [5, 5.41) is 14.8. The highest BCUT2D eigenvalue weighted by Crippen LogP contribution is 2.18. The van der Waals surface area contributed by atoms with E-state index in [0.717, 1.165) is 0 Å². The zero-order chi connectivity index (χ0) is 20.1. The van der Waals surface area contributed by atoms with Crippen molar-refractivity contribution >= 4 is 11.8 Å². The zero-order valence-electron chi connectivity index (χ0n) is 15.7. The van der Waals surface area contributed by atoms with Crippen molar-refractivity contribution in [1.82, 2.24) is 41.2 Å². The van der Waals surface area contributed by atoms with Gasteiger partial charge >= 0.3 is 0 Å². The summed E-state index contributed by atoms with van der Waals surface area (Å²) in [7, 11) is 0.